The number of fused-ring (bicyclic) bond motifs is 1. The third-order valence-corrected chi connectivity index (χ3v) is 4.16. The molecule has 0 fully saturated rings. The van der Waals surface area contributed by atoms with Crippen molar-refractivity contribution in [3.63, 3.8) is 0 Å². The summed E-state index contributed by atoms with van der Waals surface area (Å²) in [6.07, 6.45) is 1.22. The molecule has 15 heavy (non-hydrogen) atoms. The van der Waals surface area contributed by atoms with Crippen molar-refractivity contribution in [1.29, 1.82) is 0 Å². The molecule has 7 heteroatoms. The second kappa shape index (κ2) is 3.22. The van der Waals surface area contributed by atoms with Gasteiger partial charge in [-0.3, -0.25) is 0 Å². The fraction of sp³-hybridized carbons (Fsp3) is 0.250. The quantitative estimate of drug-likeness (QED) is 0.756. The summed E-state index contributed by atoms with van der Waals surface area (Å²) < 4.78 is 22.6. The molecular formula is C8H9N3O2S2. The summed E-state index contributed by atoms with van der Waals surface area (Å²) in [5.41, 5.74) is 0.875. The van der Waals surface area contributed by atoms with Crippen LogP contribution in [0.4, 0.5) is 0 Å². The van der Waals surface area contributed by atoms with Crippen LogP contribution >= 0.6 is 11.3 Å². The Bertz CT molecular complexity index is 631. The van der Waals surface area contributed by atoms with E-state index in [4.69, 9.17) is 5.14 Å². The zero-order valence-corrected chi connectivity index (χ0v) is 9.82. The first kappa shape index (κ1) is 10.5. The number of rotatable bonds is 1. The number of nitrogens with zero attached hydrogens (tertiary/aromatic N) is 2. The largest absolute Gasteiger partial charge is 0.256 e. The highest BCUT2D eigenvalue weighted by molar-refractivity contribution is 7.89. The Hall–Kier alpha value is -1.05. The van der Waals surface area contributed by atoms with Crippen LogP contribution in [0.1, 0.15) is 10.4 Å². The molecule has 2 N–H and O–H groups in total. The van der Waals surface area contributed by atoms with Gasteiger partial charge in [-0.2, -0.15) is 0 Å². The predicted molar refractivity (Wildman–Crippen MR) is 58.3 cm³/mol. The topological polar surface area (TPSA) is 85.9 Å². The van der Waals surface area contributed by atoms with Gasteiger partial charge in [-0.1, -0.05) is 0 Å². The number of sulfonamides is 1. The molecule has 0 radical (unpaired) electrons. The van der Waals surface area contributed by atoms with Gasteiger partial charge in [-0.25, -0.2) is 23.5 Å². The molecular weight excluding hydrogens is 234 g/mol. The third-order valence-electron chi connectivity index (χ3n) is 2.20. The summed E-state index contributed by atoms with van der Waals surface area (Å²) in [6, 6.07) is 0. The zero-order chi connectivity index (χ0) is 11.2. The van der Waals surface area contributed by atoms with Crippen LogP contribution in [-0.2, 0) is 10.0 Å². The smallest absolute Gasteiger partial charge is 0.225 e. The Morgan fingerprint density at radius 3 is 2.60 bits per heavy atom. The second-order valence-electron chi connectivity index (χ2n) is 3.19. The van der Waals surface area contributed by atoms with Crippen molar-refractivity contribution in [3.8, 4) is 0 Å². The lowest BCUT2D eigenvalue weighted by atomic mass is 10.2. The van der Waals surface area contributed by atoms with Crippen molar-refractivity contribution in [2.75, 3.05) is 0 Å². The normalized spacial score (nSPS) is 12.2. The van der Waals surface area contributed by atoms with Gasteiger partial charge in [0, 0.05) is 4.88 Å². The van der Waals surface area contributed by atoms with Crippen molar-refractivity contribution >= 4 is 31.6 Å². The monoisotopic (exact) mass is 243 g/mol. The van der Waals surface area contributed by atoms with E-state index in [-0.39, 0.29) is 5.03 Å². The number of primary sulfonamides is 1. The van der Waals surface area contributed by atoms with Gasteiger partial charge in [-0.15, -0.1) is 11.3 Å². The van der Waals surface area contributed by atoms with Crippen molar-refractivity contribution in [3.05, 3.63) is 16.8 Å². The predicted octanol–water partition coefficient (Wildman–Crippen LogP) is 0.956. The lowest BCUT2D eigenvalue weighted by Crippen LogP contribution is -2.14. The van der Waals surface area contributed by atoms with Crippen molar-refractivity contribution in [1.82, 2.24) is 9.97 Å². The Morgan fingerprint density at radius 2 is 2.00 bits per heavy atom. The van der Waals surface area contributed by atoms with Crippen LogP contribution in [-0.4, -0.2) is 18.4 Å². The van der Waals surface area contributed by atoms with Gasteiger partial charge < -0.3 is 0 Å². The average molecular weight is 243 g/mol. The van der Waals surface area contributed by atoms with Gasteiger partial charge in [0.05, 0.1) is 5.39 Å². The van der Waals surface area contributed by atoms with Crippen LogP contribution in [0.15, 0.2) is 11.4 Å². The van der Waals surface area contributed by atoms with Crippen LogP contribution in [0.25, 0.3) is 10.2 Å². The number of aromatic nitrogens is 2. The molecule has 0 unspecified atom stereocenters. The summed E-state index contributed by atoms with van der Waals surface area (Å²) in [5.74, 6) is 0. The van der Waals surface area contributed by atoms with E-state index in [1.54, 1.807) is 0 Å². The highest BCUT2D eigenvalue weighted by atomic mass is 32.2. The molecule has 2 heterocycles. The first-order valence-corrected chi connectivity index (χ1v) is 6.51. The van der Waals surface area contributed by atoms with Gasteiger partial charge in [-0.05, 0) is 19.4 Å². The van der Waals surface area contributed by atoms with E-state index in [1.165, 1.54) is 17.7 Å². The summed E-state index contributed by atoms with van der Waals surface area (Å²) in [6.45, 7) is 3.75. The summed E-state index contributed by atoms with van der Waals surface area (Å²) in [5, 5.41) is 5.54. The molecule has 0 aliphatic carbocycles. The van der Waals surface area contributed by atoms with Crippen LogP contribution in [0.2, 0.25) is 0 Å². The molecule has 0 spiro atoms. The fourth-order valence-electron chi connectivity index (χ4n) is 1.37. The lowest BCUT2D eigenvalue weighted by Gasteiger charge is -1.99. The number of hydrogen-bond donors (Lipinski definition) is 1. The lowest BCUT2D eigenvalue weighted by molar-refractivity contribution is 0.595. The molecule has 5 nitrogen and oxygen atoms in total. The maximum atomic E-state index is 11.3. The minimum Gasteiger partial charge on any atom is -0.225 e. The van der Waals surface area contributed by atoms with E-state index >= 15 is 0 Å². The molecule has 0 aliphatic rings. The second-order valence-corrected chi connectivity index (χ2v) is 5.87. The Morgan fingerprint density at radius 1 is 1.33 bits per heavy atom. The van der Waals surface area contributed by atoms with Crippen LogP contribution in [0, 0.1) is 13.8 Å². The standard InChI is InChI=1S/C8H9N3O2S2/c1-4-5(2)14-7-6(4)8(11-3-10-7)15(9,12)13/h3H,1-2H3,(H2,9,12,13). The van der Waals surface area contributed by atoms with Crippen molar-refractivity contribution in [2.45, 2.75) is 18.9 Å². The zero-order valence-electron chi connectivity index (χ0n) is 8.18. The molecule has 0 aliphatic heterocycles. The molecule has 0 amide bonds. The summed E-state index contributed by atoms with van der Waals surface area (Å²) in [7, 11) is -3.78. The number of aryl methyl sites for hydroxylation is 2. The van der Waals surface area contributed by atoms with E-state index in [2.05, 4.69) is 9.97 Å². The van der Waals surface area contributed by atoms with Gasteiger partial charge in [0.15, 0.2) is 5.03 Å². The first-order chi connectivity index (χ1) is 6.91. The van der Waals surface area contributed by atoms with E-state index in [9.17, 15) is 8.42 Å². The molecule has 2 aromatic heterocycles. The van der Waals surface area contributed by atoms with E-state index < -0.39 is 10.0 Å². The Kier molecular flexibility index (Phi) is 2.25. The van der Waals surface area contributed by atoms with Crippen LogP contribution < -0.4 is 5.14 Å². The van der Waals surface area contributed by atoms with Crippen molar-refractivity contribution in [2.24, 2.45) is 5.14 Å². The Labute approximate surface area is 91.0 Å². The molecule has 80 valence electrons. The maximum Gasteiger partial charge on any atom is 0.256 e. The molecule has 2 rings (SSSR count). The summed E-state index contributed by atoms with van der Waals surface area (Å²) >= 11 is 1.44. The summed E-state index contributed by atoms with van der Waals surface area (Å²) in [4.78, 5) is 9.44. The van der Waals surface area contributed by atoms with E-state index in [0.717, 1.165) is 10.4 Å². The van der Waals surface area contributed by atoms with Gasteiger partial charge >= 0.3 is 0 Å². The first-order valence-electron chi connectivity index (χ1n) is 4.15. The number of hydrogen-bond acceptors (Lipinski definition) is 5. The molecule has 0 aromatic carbocycles. The number of nitrogens with two attached hydrogens (primary N) is 1. The minimum atomic E-state index is -3.78. The fourth-order valence-corrected chi connectivity index (χ4v) is 3.16. The Balaban J connectivity index is 2.99. The van der Waals surface area contributed by atoms with Crippen LogP contribution in [0.3, 0.4) is 0 Å². The highest BCUT2D eigenvalue weighted by Gasteiger charge is 2.19. The SMILES string of the molecule is Cc1sc2ncnc(S(N)(=O)=O)c2c1C. The van der Waals surface area contributed by atoms with Crippen LogP contribution in [0.5, 0.6) is 0 Å². The maximum absolute atomic E-state index is 11.3. The minimum absolute atomic E-state index is 0.0886. The molecule has 0 saturated heterocycles. The highest BCUT2D eigenvalue weighted by Crippen LogP contribution is 2.31. The van der Waals surface area contributed by atoms with Gasteiger partial charge in [0.1, 0.15) is 11.2 Å². The van der Waals surface area contributed by atoms with Gasteiger partial charge in [0.2, 0.25) is 0 Å². The average Bonchev–Trinajstić information content (AvgIpc) is 2.41. The van der Waals surface area contributed by atoms with Crippen molar-refractivity contribution < 1.29 is 8.42 Å². The molecule has 0 atom stereocenters. The molecule has 0 saturated carbocycles. The third kappa shape index (κ3) is 1.62. The van der Waals surface area contributed by atoms with Gasteiger partial charge in [0.25, 0.3) is 10.0 Å². The van der Waals surface area contributed by atoms with E-state index in [1.807, 2.05) is 13.8 Å². The molecule has 0 bridgehead atoms. The number of thiophene rings is 1. The molecule has 2 aromatic rings. The van der Waals surface area contributed by atoms with E-state index in [0.29, 0.717) is 10.2 Å².